The van der Waals surface area contributed by atoms with Gasteiger partial charge in [0.1, 0.15) is 0 Å². The van der Waals surface area contributed by atoms with E-state index in [0.717, 1.165) is 0 Å². The van der Waals surface area contributed by atoms with Crippen LogP contribution in [-0.4, -0.2) is 0 Å². The van der Waals surface area contributed by atoms with Gasteiger partial charge in [-0.1, -0.05) is 22.0 Å². The third-order valence-electron chi connectivity index (χ3n) is 3.56. The van der Waals surface area contributed by atoms with E-state index in [1.807, 2.05) is 11.3 Å². The third kappa shape index (κ3) is 2.34. The average Bonchev–Trinajstić information content (AvgIpc) is 2.83. The van der Waals surface area contributed by atoms with Crippen LogP contribution in [0.4, 0.5) is 5.69 Å². The molecule has 0 spiro atoms. The van der Waals surface area contributed by atoms with Gasteiger partial charge in [-0.15, -0.1) is 11.3 Å². The number of rotatable bonds is 2. The number of thiophene rings is 1. The molecule has 0 fully saturated rings. The van der Waals surface area contributed by atoms with E-state index in [9.17, 15) is 0 Å². The Morgan fingerprint density at radius 2 is 2.22 bits per heavy atom. The highest BCUT2D eigenvalue weighted by Crippen LogP contribution is 2.36. The lowest BCUT2D eigenvalue weighted by Gasteiger charge is -2.25. The van der Waals surface area contributed by atoms with E-state index in [1.165, 1.54) is 40.5 Å². The smallest absolute Gasteiger partial charge is 0.0524 e. The van der Waals surface area contributed by atoms with Crippen LogP contribution >= 0.6 is 27.3 Å². The summed E-state index contributed by atoms with van der Waals surface area (Å²) in [7, 11) is 0. The molecule has 1 heterocycles. The number of fused-ring (bicyclic) bond motifs is 1. The highest BCUT2D eigenvalue weighted by atomic mass is 79.9. The van der Waals surface area contributed by atoms with E-state index in [0.29, 0.717) is 6.04 Å². The van der Waals surface area contributed by atoms with Crippen molar-refractivity contribution in [2.45, 2.75) is 32.2 Å². The van der Waals surface area contributed by atoms with Gasteiger partial charge in [-0.2, -0.15) is 0 Å². The second-order valence-corrected chi connectivity index (χ2v) is 6.71. The van der Waals surface area contributed by atoms with E-state index in [1.54, 1.807) is 4.88 Å². The van der Waals surface area contributed by atoms with Crippen LogP contribution in [0.25, 0.3) is 0 Å². The molecule has 1 aromatic heterocycles. The molecule has 1 aliphatic rings. The summed E-state index contributed by atoms with van der Waals surface area (Å²) in [5.41, 5.74) is 3.99. The van der Waals surface area contributed by atoms with Crippen molar-refractivity contribution in [3.05, 3.63) is 50.1 Å². The molecule has 3 rings (SSSR count). The maximum absolute atomic E-state index is 3.67. The first-order valence-corrected chi connectivity index (χ1v) is 8.00. The minimum Gasteiger partial charge on any atom is -0.378 e. The van der Waals surface area contributed by atoms with Gasteiger partial charge in [-0.05, 0) is 60.9 Å². The predicted octanol–water partition coefficient (Wildman–Crippen LogP) is 5.31. The van der Waals surface area contributed by atoms with Gasteiger partial charge in [0, 0.05) is 15.0 Å². The summed E-state index contributed by atoms with van der Waals surface area (Å²) in [6.07, 6.45) is 3.77. The molecule has 0 saturated carbocycles. The first kappa shape index (κ1) is 12.2. The monoisotopic (exact) mass is 321 g/mol. The van der Waals surface area contributed by atoms with Crippen LogP contribution in [-0.2, 0) is 6.42 Å². The molecule has 3 heteroatoms. The Morgan fingerprint density at radius 3 is 3.06 bits per heavy atom. The van der Waals surface area contributed by atoms with E-state index in [4.69, 9.17) is 0 Å². The first-order chi connectivity index (χ1) is 8.74. The lowest BCUT2D eigenvalue weighted by Crippen LogP contribution is -2.15. The molecular weight excluding hydrogens is 306 g/mol. The zero-order valence-electron chi connectivity index (χ0n) is 10.4. The van der Waals surface area contributed by atoms with Gasteiger partial charge in [0.25, 0.3) is 0 Å². The molecule has 0 aliphatic heterocycles. The van der Waals surface area contributed by atoms with Crippen LogP contribution in [0.5, 0.6) is 0 Å². The summed E-state index contributed by atoms with van der Waals surface area (Å²) in [5.74, 6) is 0. The normalized spacial score (nSPS) is 18.4. The fourth-order valence-electron chi connectivity index (χ4n) is 2.52. The van der Waals surface area contributed by atoms with E-state index >= 15 is 0 Å². The molecule has 1 atom stereocenters. The summed E-state index contributed by atoms with van der Waals surface area (Å²) in [6, 6.07) is 9.26. The van der Waals surface area contributed by atoms with Gasteiger partial charge in [-0.25, -0.2) is 0 Å². The molecule has 0 bridgehead atoms. The summed E-state index contributed by atoms with van der Waals surface area (Å²) < 4.78 is 1.17. The van der Waals surface area contributed by atoms with Crippen molar-refractivity contribution in [2.24, 2.45) is 0 Å². The minimum absolute atomic E-state index is 0.481. The standard InChI is InChI=1S/C15H16BrNS/c1-10-5-6-11(9-13(10)16)17-14-3-2-4-15-12(14)7-8-18-15/h5-9,14,17H,2-4H2,1H3. The van der Waals surface area contributed by atoms with Crippen LogP contribution < -0.4 is 5.32 Å². The van der Waals surface area contributed by atoms with Crippen LogP contribution in [0.2, 0.25) is 0 Å². The number of aryl methyl sites for hydroxylation is 2. The van der Waals surface area contributed by atoms with Crippen molar-refractivity contribution in [3.8, 4) is 0 Å². The molecule has 1 N–H and O–H groups in total. The minimum atomic E-state index is 0.481. The Bertz CT molecular complexity index is 561. The van der Waals surface area contributed by atoms with Crippen molar-refractivity contribution in [2.75, 3.05) is 5.32 Å². The van der Waals surface area contributed by atoms with Gasteiger partial charge in [0.05, 0.1) is 6.04 Å². The quantitative estimate of drug-likeness (QED) is 0.790. The lowest BCUT2D eigenvalue weighted by atomic mass is 9.94. The zero-order chi connectivity index (χ0) is 12.5. The molecule has 2 aromatic rings. The predicted molar refractivity (Wildman–Crippen MR) is 82.5 cm³/mol. The SMILES string of the molecule is Cc1ccc(NC2CCCc3sccc32)cc1Br. The van der Waals surface area contributed by atoms with E-state index in [-0.39, 0.29) is 0 Å². The molecule has 0 radical (unpaired) electrons. The van der Waals surface area contributed by atoms with Crippen LogP contribution in [0.15, 0.2) is 34.1 Å². The van der Waals surface area contributed by atoms with E-state index in [2.05, 4.69) is 57.8 Å². The fourth-order valence-corrected chi connectivity index (χ4v) is 3.89. The molecule has 1 aliphatic carbocycles. The van der Waals surface area contributed by atoms with Crippen molar-refractivity contribution in [1.82, 2.24) is 0 Å². The highest BCUT2D eigenvalue weighted by molar-refractivity contribution is 9.10. The van der Waals surface area contributed by atoms with Crippen molar-refractivity contribution < 1.29 is 0 Å². The number of hydrogen-bond acceptors (Lipinski definition) is 2. The highest BCUT2D eigenvalue weighted by Gasteiger charge is 2.20. The summed E-state index contributed by atoms with van der Waals surface area (Å²) in [6.45, 7) is 2.12. The number of benzene rings is 1. The molecule has 1 unspecified atom stereocenters. The van der Waals surface area contributed by atoms with Gasteiger partial charge in [-0.3, -0.25) is 0 Å². The second kappa shape index (κ2) is 5.06. The Balaban J connectivity index is 1.84. The molecule has 0 amide bonds. The third-order valence-corrected chi connectivity index (χ3v) is 5.42. The van der Waals surface area contributed by atoms with Crippen LogP contribution in [0, 0.1) is 6.92 Å². The largest absolute Gasteiger partial charge is 0.378 e. The zero-order valence-corrected chi connectivity index (χ0v) is 12.8. The Labute approximate surface area is 120 Å². The summed E-state index contributed by atoms with van der Waals surface area (Å²) >= 11 is 5.49. The molecule has 18 heavy (non-hydrogen) atoms. The number of anilines is 1. The topological polar surface area (TPSA) is 12.0 Å². The molecule has 1 aromatic carbocycles. The Kier molecular flexibility index (Phi) is 3.44. The molecule has 0 saturated heterocycles. The molecular formula is C15H16BrNS. The number of halogens is 1. The van der Waals surface area contributed by atoms with Crippen molar-refractivity contribution in [1.29, 1.82) is 0 Å². The fraction of sp³-hybridized carbons (Fsp3) is 0.333. The van der Waals surface area contributed by atoms with Crippen molar-refractivity contribution >= 4 is 33.0 Å². The van der Waals surface area contributed by atoms with Crippen molar-refractivity contribution in [3.63, 3.8) is 0 Å². The van der Waals surface area contributed by atoms with Gasteiger partial charge in [0.2, 0.25) is 0 Å². The Hall–Kier alpha value is -0.800. The van der Waals surface area contributed by atoms with Crippen LogP contribution in [0.3, 0.4) is 0 Å². The summed E-state index contributed by atoms with van der Waals surface area (Å²) in [4.78, 5) is 1.56. The molecule has 1 nitrogen and oxygen atoms in total. The molecule has 94 valence electrons. The average molecular weight is 322 g/mol. The second-order valence-electron chi connectivity index (χ2n) is 4.85. The number of hydrogen-bond donors (Lipinski definition) is 1. The summed E-state index contributed by atoms with van der Waals surface area (Å²) in [5, 5.41) is 5.89. The van der Waals surface area contributed by atoms with Gasteiger partial charge in [0.15, 0.2) is 0 Å². The maximum atomic E-state index is 3.67. The lowest BCUT2D eigenvalue weighted by molar-refractivity contribution is 0.609. The first-order valence-electron chi connectivity index (χ1n) is 6.33. The van der Waals surface area contributed by atoms with E-state index < -0.39 is 0 Å². The van der Waals surface area contributed by atoms with Gasteiger partial charge < -0.3 is 5.32 Å². The Morgan fingerprint density at radius 1 is 1.33 bits per heavy atom. The van der Waals surface area contributed by atoms with Gasteiger partial charge >= 0.3 is 0 Å². The van der Waals surface area contributed by atoms with Crippen LogP contribution in [0.1, 0.15) is 34.9 Å². The maximum Gasteiger partial charge on any atom is 0.0524 e. The number of nitrogens with one attached hydrogen (secondary N) is 1.